The van der Waals surface area contributed by atoms with Crippen LogP contribution in [0.3, 0.4) is 0 Å². The minimum Gasteiger partial charge on any atom is -0.396 e. The van der Waals surface area contributed by atoms with E-state index in [-0.39, 0.29) is 30.8 Å². The molecule has 1 saturated carbocycles. The summed E-state index contributed by atoms with van der Waals surface area (Å²) in [6.45, 7) is 1.34. The molecule has 2 aliphatic rings. The summed E-state index contributed by atoms with van der Waals surface area (Å²) in [5.74, 6) is 1.74. The standard InChI is InChI=1S/C34H40N10O2/c1-42-23-27(22-39-42)25-9-14-31(36-20-25)44(34(46)38-19-24-6-3-2-4-7-24)30-12-10-28(11-13-30)40-33-37-21-26(18-35)32(41-33)43-16-5-8-29(43)15-17-45/h2-4,6-7,9,14,20-23,28-30,45H,5,8,10-13,15-17,19H2,1H3,(H,38,46)(H,37,40,41). The smallest absolute Gasteiger partial charge is 0.323 e. The minimum absolute atomic E-state index is 0.0353. The summed E-state index contributed by atoms with van der Waals surface area (Å²) in [6.07, 6.45) is 12.9. The molecule has 1 atom stereocenters. The fourth-order valence-corrected chi connectivity index (χ4v) is 6.55. The number of hydrogen-bond donors (Lipinski definition) is 3. The molecule has 0 radical (unpaired) electrons. The van der Waals surface area contributed by atoms with Gasteiger partial charge in [0.2, 0.25) is 5.95 Å². The number of carbonyl (C=O) groups is 1. The Hall–Kier alpha value is -5.02. The lowest BCUT2D eigenvalue weighted by Crippen LogP contribution is -2.49. The van der Waals surface area contributed by atoms with Crippen molar-refractivity contribution in [3.8, 4) is 17.2 Å². The summed E-state index contributed by atoms with van der Waals surface area (Å²) < 4.78 is 1.75. The summed E-state index contributed by atoms with van der Waals surface area (Å²) in [5, 5.41) is 30.1. The Labute approximate surface area is 269 Å². The van der Waals surface area contributed by atoms with Gasteiger partial charge in [0.25, 0.3) is 0 Å². The van der Waals surface area contributed by atoms with E-state index in [0.717, 1.165) is 61.8 Å². The molecule has 4 aromatic rings. The number of benzene rings is 1. The zero-order valence-corrected chi connectivity index (χ0v) is 26.1. The predicted octanol–water partition coefficient (Wildman–Crippen LogP) is 4.63. The second-order valence-corrected chi connectivity index (χ2v) is 12.0. The number of hydrogen-bond acceptors (Lipinski definition) is 9. The number of carbonyl (C=O) groups excluding carboxylic acids is 1. The van der Waals surface area contributed by atoms with Crippen LogP contribution in [0.2, 0.25) is 0 Å². The van der Waals surface area contributed by atoms with Crippen molar-refractivity contribution in [2.75, 3.05) is 28.3 Å². The fraction of sp³-hybridized carbons (Fsp3) is 0.412. The van der Waals surface area contributed by atoms with Gasteiger partial charge in [0.05, 0.1) is 12.4 Å². The molecule has 0 bridgehead atoms. The van der Waals surface area contributed by atoms with Crippen molar-refractivity contribution in [1.29, 1.82) is 5.26 Å². The van der Waals surface area contributed by atoms with Crippen molar-refractivity contribution in [3.05, 3.63) is 78.4 Å². The van der Waals surface area contributed by atoms with E-state index in [1.54, 1.807) is 28.2 Å². The van der Waals surface area contributed by atoms with Crippen molar-refractivity contribution in [1.82, 2.24) is 30.0 Å². The lowest BCUT2D eigenvalue weighted by Gasteiger charge is -2.36. The Balaban J connectivity index is 1.15. The number of anilines is 3. The lowest BCUT2D eigenvalue weighted by atomic mass is 9.90. The Morgan fingerprint density at radius 1 is 1.04 bits per heavy atom. The number of aromatic nitrogens is 5. The highest BCUT2D eigenvalue weighted by atomic mass is 16.3. The molecular weight excluding hydrogens is 580 g/mol. The average Bonchev–Trinajstić information content (AvgIpc) is 3.74. The molecule has 0 spiro atoms. The molecule has 6 rings (SSSR count). The number of aryl methyl sites for hydroxylation is 1. The predicted molar refractivity (Wildman–Crippen MR) is 176 cm³/mol. The molecule has 1 aliphatic heterocycles. The zero-order chi connectivity index (χ0) is 31.9. The monoisotopic (exact) mass is 620 g/mol. The third-order valence-electron chi connectivity index (χ3n) is 8.93. The second kappa shape index (κ2) is 14.4. The van der Waals surface area contributed by atoms with Gasteiger partial charge in [-0.15, -0.1) is 0 Å². The fourth-order valence-electron chi connectivity index (χ4n) is 6.55. The molecule has 2 fully saturated rings. The molecule has 1 aromatic carbocycles. The number of aliphatic hydroxyl groups excluding tert-OH is 1. The maximum absolute atomic E-state index is 13.7. The van der Waals surface area contributed by atoms with Crippen molar-refractivity contribution in [2.24, 2.45) is 7.05 Å². The van der Waals surface area contributed by atoms with Crippen LogP contribution in [0.25, 0.3) is 11.1 Å². The number of amides is 2. The van der Waals surface area contributed by atoms with E-state index in [9.17, 15) is 15.2 Å². The van der Waals surface area contributed by atoms with E-state index in [1.807, 2.05) is 55.7 Å². The van der Waals surface area contributed by atoms with Crippen LogP contribution in [-0.2, 0) is 13.6 Å². The molecule has 238 valence electrons. The maximum Gasteiger partial charge on any atom is 0.323 e. The number of urea groups is 1. The van der Waals surface area contributed by atoms with Gasteiger partial charge in [-0.2, -0.15) is 15.3 Å². The maximum atomic E-state index is 13.7. The molecule has 2 amide bonds. The summed E-state index contributed by atoms with van der Waals surface area (Å²) in [6, 6.07) is 16.1. The van der Waals surface area contributed by atoms with Crippen molar-refractivity contribution >= 4 is 23.6 Å². The lowest BCUT2D eigenvalue weighted by molar-refractivity contribution is 0.240. The topological polar surface area (TPSA) is 148 Å². The van der Waals surface area contributed by atoms with Crippen molar-refractivity contribution in [3.63, 3.8) is 0 Å². The van der Waals surface area contributed by atoms with Gasteiger partial charge in [0.1, 0.15) is 17.5 Å². The largest absolute Gasteiger partial charge is 0.396 e. The first-order valence-corrected chi connectivity index (χ1v) is 16.0. The second-order valence-electron chi connectivity index (χ2n) is 12.0. The van der Waals surface area contributed by atoms with Crippen LogP contribution in [0.1, 0.15) is 56.1 Å². The molecule has 1 aliphatic carbocycles. The first kappa shape index (κ1) is 31.0. The number of rotatable bonds is 10. The number of pyridine rings is 1. The molecule has 3 aromatic heterocycles. The van der Waals surface area contributed by atoms with E-state index in [0.29, 0.717) is 36.1 Å². The zero-order valence-electron chi connectivity index (χ0n) is 26.1. The molecule has 1 unspecified atom stereocenters. The van der Waals surface area contributed by atoms with Gasteiger partial charge >= 0.3 is 6.03 Å². The number of aliphatic hydroxyl groups is 1. The van der Waals surface area contributed by atoms with E-state index in [2.05, 4.69) is 31.7 Å². The molecule has 3 N–H and O–H groups in total. The minimum atomic E-state index is -0.176. The van der Waals surface area contributed by atoms with E-state index < -0.39 is 0 Å². The van der Waals surface area contributed by atoms with Gasteiger partial charge in [-0.3, -0.25) is 9.58 Å². The van der Waals surface area contributed by atoms with Crippen LogP contribution < -0.4 is 20.4 Å². The molecule has 4 heterocycles. The van der Waals surface area contributed by atoms with Crippen molar-refractivity contribution < 1.29 is 9.90 Å². The van der Waals surface area contributed by atoms with Gasteiger partial charge in [-0.25, -0.2) is 14.8 Å². The average molecular weight is 621 g/mol. The molecule has 46 heavy (non-hydrogen) atoms. The highest BCUT2D eigenvalue weighted by Gasteiger charge is 2.32. The van der Waals surface area contributed by atoms with Gasteiger partial charge in [-0.1, -0.05) is 30.3 Å². The van der Waals surface area contributed by atoms with Crippen LogP contribution >= 0.6 is 0 Å². The SMILES string of the molecule is Cn1cc(-c2ccc(N(C(=O)NCc3ccccc3)C3CCC(Nc4ncc(C#N)c(N5CCCC5CCO)n4)CC3)nc2)cn1. The summed E-state index contributed by atoms with van der Waals surface area (Å²) >= 11 is 0. The van der Waals surface area contributed by atoms with Gasteiger partial charge < -0.3 is 20.6 Å². The third kappa shape index (κ3) is 7.10. The first-order chi connectivity index (χ1) is 22.5. The van der Waals surface area contributed by atoms with E-state index >= 15 is 0 Å². The van der Waals surface area contributed by atoms with Crippen LogP contribution in [-0.4, -0.2) is 67.1 Å². The molecular formula is C34H40N10O2. The summed E-state index contributed by atoms with van der Waals surface area (Å²) in [7, 11) is 1.88. The van der Waals surface area contributed by atoms with Crippen LogP contribution in [0.5, 0.6) is 0 Å². The number of nitriles is 1. The highest BCUT2D eigenvalue weighted by Crippen LogP contribution is 2.32. The Kier molecular flexibility index (Phi) is 9.69. The van der Waals surface area contributed by atoms with Gasteiger partial charge in [0, 0.05) is 68.4 Å². The number of nitrogens with zero attached hydrogens (tertiary/aromatic N) is 8. The Bertz CT molecular complexity index is 1640. The third-order valence-corrected chi connectivity index (χ3v) is 8.93. The van der Waals surface area contributed by atoms with Crippen LogP contribution in [0.15, 0.2) is 67.3 Å². The quantitative estimate of drug-likeness (QED) is 0.231. The summed E-state index contributed by atoms with van der Waals surface area (Å²) in [5.41, 5.74) is 3.38. The Morgan fingerprint density at radius 3 is 2.57 bits per heavy atom. The van der Waals surface area contributed by atoms with Gasteiger partial charge in [0.15, 0.2) is 5.82 Å². The normalized spacial score (nSPS) is 19.4. The van der Waals surface area contributed by atoms with Crippen LogP contribution in [0.4, 0.5) is 22.4 Å². The van der Waals surface area contributed by atoms with Crippen molar-refractivity contribution in [2.45, 2.75) is 69.6 Å². The van der Waals surface area contributed by atoms with E-state index in [4.69, 9.17) is 9.97 Å². The highest BCUT2D eigenvalue weighted by molar-refractivity contribution is 5.91. The number of nitrogens with one attached hydrogen (secondary N) is 2. The molecule has 12 heteroatoms. The first-order valence-electron chi connectivity index (χ1n) is 16.0. The molecule has 12 nitrogen and oxygen atoms in total. The van der Waals surface area contributed by atoms with E-state index in [1.165, 1.54) is 0 Å². The van der Waals surface area contributed by atoms with Crippen LogP contribution in [0, 0.1) is 11.3 Å². The molecule has 1 saturated heterocycles. The Morgan fingerprint density at radius 2 is 1.87 bits per heavy atom. The van der Waals surface area contributed by atoms with Gasteiger partial charge in [-0.05, 0) is 62.6 Å². The summed E-state index contributed by atoms with van der Waals surface area (Å²) in [4.78, 5) is 31.6.